The summed E-state index contributed by atoms with van der Waals surface area (Å²) in [7, 11) is -2.15. The Kier molecular flexibility index (Phi) is 4.38. The van der Waals surface area contributed by atoms with E-state index in [9.17, 15) is 22.2 Å². The van der Waals surface area contributed by atoms with Crippen molar-refractivity contribution in [2.24, 2.45) is 5.92 Å². The number of carboxylic acid groups (broad SMARTS) is 1. The fourth-order valence-electron chi connectivity index (χ4n) is 0.592. The van der Waals surface area contributed by atoms with Gasteiger partial charge in [0.05, 0.1) is 5.92 Å². The van der Waals surface area contributed by atoms with E-state index in [-0.39, 0.29) is 0 Å². The molecule has 2 atom stereocenters. The molecule has 0 radical (unpaired) electrons. The SMILES string of the molecule is CC(CS(=O)CC(F)(F)F)C(=O)O. The first-order valence-electron chi connectivity index (χ1n) is 3.37. The van der Waals surface area contributed by atoms with Crippen LogP contribution in [0.4, 0.5) is 13.2 Å². The highest BCUT2D eigenvalue weighted by atomic mass is 32.2. The Hall–Kier alpha value is -0.590. The topological polar surface area (TPSA) is 54.4 Å². The largest absolute Gasteiger partial charge is 0.481 e. The summed E-state index contributed by atoms with van der Waals surface area (Å²) >= 11 is 0. The first-order chi connectivity index (χ1) is 5.72. The number of carboxylic acids is 1. The third-order valence-corrected chi connectivity index (χ3v) is 2.70. The minimum Gasteiger partial charge on any atom is -0.481 e. The average Bonchev–Trinajstić information content (AvgIpc) is 1.81. The molecule has 2 unspecified atom stereocenters. The van der Waals surface area contributed by atoms with Gasteiger partial charge in [-0.2, -0.15) is 13.2 Å². The van der Waals surface area contributed by atoms with E-state index in [2.05, 4.69) is 0 Å². The molecule has 0 amide bonds. The third kappa shape index (κ3) is 6.56. The van der Waals surface area contributed by atoms with Crippen LogP contribution in [0.15, 0.2) is 0 Å². The number of hydrogen-bond donors (Lipinski definition) is 1. The number of alkyl halides is 3. The molecule has 0 rings (SSSR count). The monoisotopic (exact) mass is 218 g/mol. The van der Waals surface area contributed by atoms with Crippen molar-refractivity contribution in [3.63, 3.8) is 0 Å². The molecule has 3 nitrogen and oxygen atoms in total. The van der Waals surface area contributed by atoms with E-state index in [1.54, 1.807) is 0 Å². The Balaban J connectivity index is 3.96. The van der Waals surface area contributed by atoms with Crippen molar-refractivity contribution in [2.45, 2.75) is 13.1 Å². The van der Waals surface area contributed by atoms with Crippen LogP contribution >= 0.6 is 0 Å². The molecule has 7 heteroatoms. The quantitative estimate of drug-likeness (QED) is 0.766. The van der Waals surface area contributed by atoms with Gasteiger partial charge in [0.15, 0.2) is 0 Å². The van der Waals surface area contributed by atoms with Crippen molar-refractivity contribution in [3.05, 3.63) is 0 Å². The van der Waals surface area contributed by atoms with Crippen LogP contribution in [-0.2, 0) is 15.6 Å². The fraction of sp³-hybridized carbons (Fsp3) is 0.833. The van der Waals surface area contributed by atoms with Crippen LogP contribution in [0.3, 0.4) is 0 Å². The summed E-state index contributed by atoms with van der Waals surface area (Å²) in [5, 5.41) is 8.31. The lowest BCUT2D eigenvalue weighted by molar-refractivity contribution is -0.140. The summed E-state index contributed by atoms with van der Waals surface area (Å²) in [6.07, 6.45) is -4.50. The Morgan fingerprint density at radius 1 is 1.54 bits per heavy atom. The van der Waals surface area contributed by atoms with Crippen LogP contribution in [0.25, 0.3) is 0 Å². The van der Waals surface area contributed by atoms with Crippen molar-refractivity contribution in [3.8, 4) is 0 Å². The maximum Gasteiger partial charge on any atom is 0.400 e. The van der Waals surface area contributed by atoms with E-state index in [0.717, 1.165) is 0 Å². The van der Waals surface area contributed by atoms with Gasteiger partial charge in [-0.05, 0) is 0 Å². The van der Waals surface area contributed by atoms with E-state index in [4.69, 9.17) is 5.11 Å². The van der Waals surface area contributed by atoms with Gasteiger partial charge in [0.2, 0.25) is 0 Å². The van der Waals surface area contributed by atoms with Gasteiger partial charge >= 0.3 is 12.1 Å². The van der Waals surface area contributed by atoms with Crippen LogP contribution in [0.1, 0.15) is 6.92 Å². The molecule has 0 aromatic rings. The highest BCUT2D eigenvalue weighted by molar-refractivity contribution is 7.85. The van der Waals surface area contributed by atoms with E-state index >= 15 is 0 Å². The average molecular weight is 218 g/mol. The Morgan fingerprint density at radius 2 is 2.00 bits per heavy atom. The Bertz CT molecular complexity index is 214. The number of rotatable bonds is 4. The lowest BCUT2D eigenvalue weighted by Crippen LogP contribution is -2.25. The summed E-state index contributed by atoms with van der Waals surface area (Å²) in [6, 6.07) is 0. The Morgan fingerprint density at radius 3 is 2.31 bits per heavy atom. The maximum absolute atomic E-state index is 11.6. The van der Waals surface area contributed by atoms with E-state index in [1.807, 2.05) is 0 Å². The van der Waals surface area contributed by atoms with Crippen molar-refractivity contribution >= 4 is 16.8 Å². The van der Waals surface area contributed by atoms with Gasteiger partial charge in [0.25, 0.3) is 0 Å². The second-order valence-electron chi connectivity index (χ2n) is 2.61. The van der Waals surface area contributed by atoms with Gasteiger partial charge in [-0.3, -0.25) is 9.00 Å². The molecular weight excluding hydrogens is 209 g/mol. The van der Waals surface area contributed by atoms with Gasteiger partial charge in [0, 0.05) is 16.6 Å². The molecule has 0 fully saturated rings. The minimum absolute atomic E-state index is 0.463. The van der Waals surface area contributed by atoms with Crippen LogP contribution in [0, 0.1) is 5.92 Å². The summed E-state index contributed by atoms with van der Waals surface area (Å²) in [6.45, 7) is 1.22. The molecule has 0 heterocycles. The zero-order valence-electron chi connectivity index (χ0n) is 6.80. The predicted octanol–water partition coefficient (Wildman–Crippen LogP) is 1.02. The zero-order chi connectivity index (χ0) is 10.6. The van der Waals surface area contributed by atoms with Crippen molar-refractivity contribution in [1.29, 1.82) is 0 Å². The predicted molar refractivity (Wildman–Crippen MR) is 40.7 cm³/mol. The molecule has 0 aliphatic heterocycles. The van der Waals surface area contributed by atoms with Crippen molar-refractivity contribution in [2.75, 3.05) is 11.5 Å². The third-order valence-electron chi connectivity index (χ3n) is 1.18. The molecule has 0 saturated carbocycles. The maximum atomic E-state index is 11.6. The second kappa shape index (κ2) is 4.59. The zero-order valence-corrected chi connectivity index (χ0v) is 7.61. The first kappa shape index (κ1) is 12.4. The van der Waals surface area contributed by atoms with Gasteiger partial charge in [0.1, 0.15) is 5.75 Å². The molecule has 0 bridgehead atoms. The van der Waals surface area contributed by atoms with Crippen molar-refractivity contribution < 1.29 is 27.3 Å². The molecule has 0 aromatic heterocycles. The minimum atomic E-state index is -4.50. The molecule has 1 N–H and O–H groups in total. The van der Waals surface area contributed by atoms with Crippen LogP contribution in [-0.4, -0.2) is 33.0 Å². The molecule has 0 aliphatic carbocycles. The van der Waals surface area contributed by atoms with Crippen molar-refractivity contribution in [1.82, 2.24) is 0 Å². The number of aliphatic carboxylic acids is 1. The standard InChI is InChI=1S/C6H9F3O3S/c1-4(5(10)11)2-13(12)3-6(7,8)9/h4H,2-3H2,1H3,(H,10,11). The summed E-state index contributed by atoms with van der Waals surface area (Å²) in [5.41, 5.74) is 0. The number of halogens is 3. The molecule has 0 aromatic carbocycles. The summed E-state index contributed by atoms with van der Waals surface area (Å²) in [5.74, 6) is -4.15. The number of carbonyl (C=O) groups is 1. The lowest BCUT2D eigenvalue weighted by atomic mass is 10.2. The van der Waals surface area contributed by atoms with Crippen LogP contribution in [0.2, 0.25) is 0 Å². The molecule has 78 valence electrons. The summed E-state index contributed by atoms with van der Waals surface area (Å²) < 4.78 is 45.6. The highest BCUT2D eigenvalue weighted by Gasteiger charge is 2.31. The first-order valence-corrected chi connectivity index (χ1v) is 4.85. The molecular formula is C6H9F3O3S. The van der Waals surface area contributed by atoms with Crippen LogP contribution in [0.5, 0.6) is 0 Å². The second-order valence-corrected chi connectivity index (χ2v) is 4.11. The highest BCUT2D eigenvalue weighted by Crippen LogP contribution is 2.16. The normalized spacial score (nSPS) is 16.6. The van der Waals surface area contributed by atoms with E-state index in [0.29, 0.717) is 0 Å². The molecule has 0 aliphatic rings. The van der Waals surface area contributed by atoms with Gasteiger partial charge < -0.3 is 5.11 Å². The van der Waals surface area contributed by atoms with E-state index in [1.165, 1.54) is 6.92 Å². The summed E-state index contributed by atoms with van der Waals surface area (Å²) in [4.78, 5) is 10.2. The molecule has 0 saturated heterocycles. The van der Waals surface area contributed by atoms with Gasteiger partial charge in [-0.25, -0.2) is 0 Å². The Labute approximate surface area is 75.4 Å². The molecule has 13 heavy (non-hydrogen) atoms. The number of hydrogen-bond acceptors (Lipinski definition) is 2. The van der Waals surface area contributed by atoms with Crippen LogP contribution < -0.4 is 0 Å². The molecule has 0 spiro atoms. The van der Waals surface area contributed by atoms with E-state index < -0.39 is 40.4 Å². The van der Waals surface area contributed by atoms with Gasteiger partial charge in [-0.15, -0.1) is 0 Å². The van der Waals surface area contributed by atoms with Gasteiger partial charge in [-0.1, -0.05) is 6.92 Å². The smallest absolute Gasteiger partial charge is 0.400 e. The fourth-order valence-corrected chi connectivity index (χ4v) is 1.77. The lowest BCUT2D eigenvalue weighted by Gasteiger charge is -2.08.